The number of anilines is 1. The van der Waals surface area contributed by atoms with Gasteiger partial charge in [-0.15, -0.1) is 11.3 Å². The molecule has 0 aliphatic heterocycles. The average Bonchev–Trinajstić information content (AvgIpc) is 3.12. The second-order valence-electron chi connectivity index (χ2n) is 5.64. The Hall–Kier alpha value is -1.35. The Morgan fingerprint density at radius 3 is 2.75 bits per heavy atom. The normalized spacial score (nSPS) is 17.3. The van der Waals surface area contributed by atoms with Crippen LogP contribution in [0.25, 0.3) is 0 Å². The Morgan fingerprint density at radius 1 is 1.25 bits per heavy atom. The van der Waals surface area contributed by atoms with Crippen molar-refractivity contribution in [1.82, 2.24) is 0 Å². The van der Waals surface area contributed by atoms with Crippen LogP contribution in [0.3, 0.4) is 0 Å². The van der Waals surface area contributed by atoms with Gasteiger partial charge in [-0.2, -0.15) is 0 Å². The van der Waals surface area contributed by atoms with Crippen molar-refractivity contribution in [3.05, 3.63) is 52.0 Å². The Kier molecular flexibility index (Phi) is 4.06. The van der Waals surface area contributed by atoms with Gasteiger partial charge in [0.25, 0.3) is 0 Å². The van der Waals surface area contributed by atoms with Crippen LogP contribution in [-0.2, 0) is 0 Å². The van der Waals surface area contributed by atoms with Gasteiger partial charge in [-0.3, -0.25) is 0 Å². The molecule has 1 N–H and O–H groups in total. The van der Waals surface area contributed by atoms with Gasteiger partial charge in [-0.25, -0.2) is 4.39 Å². The monoisotopic (exact) mass is 289 g/mol. The summed E-state index contributed by atoms with van der Waals surface area (Å²) in [5.74, 6) is 0.491. The summed E-state index contributed by atoms with van der Waals surface area (Å²) in [6.45, 7) is 2.03. The molecule has 0 saturated heterocycles. The van der Waals surface area contributed by atoms with E-state index in [1.807, 2.05) is 13.0 Å². The van der Waals surface area contributed by atoms with Gasteiger partial charge in [-0.1, -0.05) is 25.0 Å². The zero-order chi connectivity index (χ0) is 13.9. The first-order valence-electron chi connectivity index (χ1n) is 7.30. The van der Waals surface area contributed by atoms with Crippen molar-refractivity contribution in [3.8, 4) is 0 Å². The zero-order valence-electron chi connectivity index (χ0n) is 11.7. The molecule has 1 atom stereocenters. The molecule has 1 heterocycles. The van der Waals surface area contributed by atoms with E-state index in [0.717, 1.165) is 11.3 Å². The number of benzene rings is 1. The minimum atomic E-state index is -0.172. The van der Waals surface area contributed by atoms with Gasteiger partial charge in [0.2, 0.25) is 0 Å². The van der Waals surface area contributed by atoms with Gasteiger partial charge >= 0.3 is 0 Å². The molecule has 1 aromatic heterocycles. The number of hydrogen-bond acceptors (Lipinski definition) is 2. The molecule has 1 aliphatic rings. The molecule has 0 bridgehead atoms. The molecule has 1 aliphatic carbocycles. The Balaban J connectivity index is 1.88. The third kappa shape index (κ3) is 2.88. The fourth-order valence-corrected chi connectivity index (χ4v) is 3.97. The van der Waals surface area contributed by atoms with Gasteiger partial charge in [0.1, 0.15) is 5.82 Å². The average molecular weight is 289 g/mol. The molecule has 1 fully saturated rings. The van der Waals surface area contributed by atoms with Crippen LogP contribution in [0.15, 0.2) is 35.7 Å². The molecule has 3 rings (SSSR count). The maximum absolute atomic E-state index is 13.5. The van der Waals surface area contributed by atoms with Crippen LogP contribution < -0.4 is 5.32 Å². The van der Waals surface area contributed by atoms with E-state index in [1.165, 1.54) is 36.6 Å². The summed E-state index contributed by atoms with van der Waals surface area (Å²) >= 11 is 1.79. The Bertz CT molecular complexity index is 558. The Labute approximate surface area is 123 Å². The van der Waals surface area contributed by atoms with E-state index in [1.54, 1.807) is 17.4 Å². The van der Waals surface area contributed by atoms with Gasteiger partial charge in [0, 0.05) is 10.6 Å². The van der Waals surface area contributed by atoms with Crippen LogP contribution in [0.2, 0.25) is 0 Å². The van der Waals surface area contributed by atoms with Crippen molar-refractivity contribution < 1.29 is 4.39 Å². The summed E-state index contributed by atoms with van der Waals surface area (Å²) in [7, 11) is 0. The summed E-state index contributed by atoms with van der Waals surface area (Å²) in [5, 5.41) is 5.73. The maximum atomic E-state index is 13.5. The summed E-state index contributed by atoms with van der Waals surface area (Å²) < 4.78 is 13.5. The number of aryl methyl sites for hydroxylation is 1. The number of rotatable bonds is 4. The minimum Gasteiger partial charge on any atom is -0.377 e. The lowest BCUT2D eigenvalue weighted by molar-refractivity contribution is 0.475. The maximum Gasteiger partial charge on any atom is 0.125 e. The third-order valence-electron chi connectivity index (χ3n) is 4.23. The van der Waals surface area contributed by atoms with E-state index in [0.29, 0.717) is 12.0 Å². The number of halogens is 1. The van der Waals surface area contributed by atoms with E-state index in [9.17, 15) is 4.39 Å². The summed E-state index contributed by atoms with van der Waals surface area (Å²) in [4.78, 5) is 1.36. The van der Waals surface area contributed by atoms with Crippen molar-refractivity contribution in [2.24, 2.45) is 5.92 Å². The molecule has 1 saturated carbocycles. The first kappa shape index (κ1) is 13.6. The van der Waals surface area contributed by atoms with Crippen molar-refractivity contribution in [1.29, 1.82) is 0 Å². The topological polar surface area (TPSA) is 12.0 Å². The molecule has 20 heavy (non-hydrogen) atoms. The SMILES string of the molecule is Cc1ccc(F)cc1NC(c1cccs1)C1CCCC1. The second kappa shape index (κ2) is 5.96. The van der Waals surface area contributed by atoms with Crippen molar-refractivity contribution in [2.45, 2.75) is 38.6 Å². The van der Waals surface area contributed by atoms with Crippen molar-refractivity contribution in [2.75, 3.05) is 5.32 Å². The van der Waals surface area contributed by atoms with Crippen LogP contribution in [0.5, 0.6) is 0 Å². The first-order valence-corrected chi connectivity index (χ1v) is 8.18. The highest BCUT2D eigenvalue weighted by atomic mass is 32.1. The Morgan fingerprint density at radius 2 is 2.05 bits per heavy atom. The van der Waals surface area contributed by atoms with E-state index < -0.39 is 0 Å². The highest BCUT2D eigenvalue weighted by Gasteiger charge is 2.27. The molecule has 3 heteroatoms. The van der Waals surface area contributed by atoms with Gasteiger partial charge in [-0.05, 0) is 54.8 Å². The number of nitrogens with one attached hydrogen (secondary N) is 1. The number of thiophene rings is 1. The van der Waals surface area contributed by atoms with Crippen LogP contribution in [0, 0.1) is 18.7 Å². The standard InChI is InChI=1S/C17H20FNS/c1-12-8-9-14(18)11-15(12)19-17(13-5-2-3-6-13)16-7-4-10-20-16/h4,7-11,13,17,19H,2-3,5-6H2,1H3. The highest BCUT2D eigenvalue weighted by molar-refractivity contribution is 7.10. The quantitative estimate of drug-likeness (QED) is 0.779. The fourth-order valence-electron chi connectivity index (χ4n) is 3.10. The highest BCUT2D eigenvalue weighted by Crippen LogP contribution is 2.39. The molecule has 1 nitrogen and oxygen atoms in total. The van der Waals surface area contributed by atoms with E-state index in [4.69, 9.17) is 0 Å². The zero-order valence-corrected chi connectivity index (χ0v) is 12.5. The summed E-state index contributed by atoms with van der Waals surface area (Å²) in [5.41, 5.74) is 2.03. The smallest absolute Gasteiger partial charge is 0.125 e. The number of hydrogen-bond donors (Lipinski definition) is 1. The lowest BCUT2D eigenvalue weighted by Gasteiger charge is -2.26. The van der Waals surface area contributed by atoms with Crippen LogP contribution in [0.1, 0.15) is 42.2 Å². The predicted octanol–water partition coefficient (Wildman–Crippen LogP) is 5.54. The predicted molar refractivity (Wildman–Crippen MR) is 83.8 cm³/mol. The van der Waals surface area contributed by atoms with Crippen LogP contribution in [-0.4, -0.2) is 0 Å². The van der Waals surface area contributed by atoms with Crippen molar-refractivity contribution >= 4 is 17.0 Å². The van der Waals surface area contributed by atoms with E-state index in [2.05, 4.69) is 22.8 Å². The largest absolute Gasteiger partial charge is 0.377 e. The molecule has 106 valence electrons. The third-order valence-corrected chi connectivity index (χ3v) is 5.19. The summed E-state index contributed by atoms with van der Waals surface area (Å²) in [6.07, 6.45) is 5.17. The van der Waals surface area contributed by atoms with E-state index >= 15 is 0 Å². The lowest BCUT2D eigenvalue weighted by Crippen LogP contribution is -2.18. The molecule has 0 spiro atoms. The molecule has 2 aromatic rings. The van der Waals surface area contributed by atoms with Gasteiger partial charge < -0.3 is 5.32 Å². The van der Waals surface area contributed by atoms with Gasteiger partial charge in [0.15, 0.2) is 0 Å². The van der Waals surface area contributed by atoms with Gasteiger partial charge in [0.05, 0.1) is 6.04 Å². The molecule has 0 radical (unpaired) electrons. The summed E-state index contributed by atoms with van der Waals surface area (Å²) in [6, 6.07) is 9.59. The minimum absolute atomic E-state index is 0.172. The lowest BCUT2D eigenvalue weighted by atomic mass is 9.96. The first-order chi connectivity index (χ1) is 9.74. The molecule has 1 unspecified atom stereocenters. The fraction of sp³-hybridized carbons (Fsp3) is 0.412. The molecular formula is C17H20FNS. The van der Waals surface area contributed by atoms with Crippen molar-refractivity contribution in [3.63, 3.8) is 0 Å². The van der Waals surface area contributed by atoms with Crippen LogP contribution in [0.4, 0.5) is 10.1 Å². The molecule has 1 aromatic carbocycles. The van der Waals surface area contributed by atoms with E-state index in [-0.39, 0.29) is 5.82 Å². The molecular weight excluding hydrogens is 269 g/mol. The molecule has 0 amide bonds. The van der Waals surface area contributed by atoms with Crippen LogP contribution >= 0.6 is 11.3 Å². The second-order valence-corrected chi connectivity index (χ2v) is 6.62.